The van der Waals surface area contributed by atoms with Crippen molar-refractivity contribution in [1.82, 2.24) is 0 Å². The Morgan fingerprint density at radius 2 is 1.75 bits per heavy atom. The molecule has 0 saturated heterocycles. The molecule has 0 fully saturated rings. The molecule has 0 aromatic heterocycles. The first-order valence-electron chi connectivity index (χ1n) is 2.20. The minimum Gasteiger partial charge on any atom is -0.285 e. The predicted octanol–water partition coefficient (Wildman–Crippen LogP) is -0.000200. The molecule has 0 amide bonds. The Hall–Kier alpha value is -0.380. The first kappa shape index (κ1) is 7.62. The second-order valence-corrected chi connectivity index (χ2v) is 4.05. The van der Waals surface area contributed by atoms with Crippen LogP contribution in [0, 0.1) is 0 Å². The van der Waals surface area contributed by atoms with Crippen molar-refractivity contribution in [1.29, 1.82) is 0 Å². The Kier molecular flexibility index (Phi) is 2.15. The first-order chi connectivity index (χ1) is 3.50. The number of rotatable bonds is 2. The summed E-state index contributed by atoms with van der Waals surface area (Å²) in [7, 11) is -3.42. The second-order valence-electron chi connectivity index (χ2n) is 1.73. The highest BCUT2D eigenvalue weighted by Gasteiger charge is 2.12. The van der Waals surface area contributed by atoms with Gasteiger partial charge < -0.3 is 0 Å². The molecule has 0 saturated carbocycles. The number of hydrogen-bond acceptors (Lipinski definition) is 3. The lowest BCUT2D eigenvalue weighted by Crippen LogP contribution is -2.13. The zero-order chi connectivity index (χ0) is 6.78. The smallest absolute Gasteiger partial charge is 0.234 e. The highest BCUT2D eigenvalue weighted by molar-refractivity contribution is 8.04. The van der Waals surface area contributed by atoms with Crippen molar-refractivity contribution in [3.8, 4) is 0 Å². The van der Waals surface area contributed by atoms with Crippen molar-refractivity contribution in [2.45, 2.75) is 19.1 Å². The molecule has 0 N–H and O–H groups in total. The molecule has 0 aliphatic carbocycles. The number of hydrogen-bond donors (Lipinski definition) is 0. The maximum absolute atomic E-state index is 10.3. The zero-order valence-corrected chi connectivity index (χ0v) is 5.60. The van der Waals surface area contributed by atoms with E-state index in [1.54, 1.807) is 0 Å². The summed E-state index contributed by atoms with van der Waals surface area (Å²) in [5.41, 5.74) is -0.0162. The van der Waals surface area contributed by atoms with Gasteiger partial charge in [-0.05, 0) is 13.8 Å². The normalized spacial score (nSPS) is 11.9. The Morgan fingerprint density at radius 1 is 1.38 bits per heavy atom. The van der Waals surface area contributed by atoms with Crippen LogP contribution >= 0.6 is 0 Å². The van der Waals surface area contributed by atoms with E-state index in [9.17, 15) is 13.2 Å². The zero-order valence-electron chi connectivity index (χ0n) is 4.79. The lowest BCUT2D eigenvalue weighted by atomic mass is 10.6. The molecule has 0 heterocycles. The number of sulfone groups is 1. The Morgan fingerprint density at radius 3 is 1.75 bits per heavy atom. The maximum atomic E-state index is 10.3. The minimum atomic E-state index is -3.42. The van der Waals surface area contributed by atoms with Gasteiger partial charge in [-0.15, -0.1) is 0 Å². The molecular formula is C4H8O3S. The van der Waals surface area contributed by atoms with Crippen LogP contribution in [0.2, 0.25) is 0 Å². The van der Waals surface area contributed by atoms with Crippen molar-refractivity contribution in [3.63, 3.8) is 0 Å². The van der Waals surface area contributed by atoms with Crippen LogP contribution in [0.1, 0.15) is 13.8 Å². The average Bonchev–Trinajstić information content (AvgIpc) is 1.67. The SMILES string of the molecule is CC(C)S(=O)(=O)C=O. The van der Waals surface area contributed by atoms with Gasteiger partial charge in [0.05, 0.1) is 5.25 Å². The Balaban J connectivity index is 4.40. The fourth-order valence-corrected chi connectivity index (χ4v) is 0.333. The monoisotopic (exact) mass is 136 g/mol. The van der Waals surface area contributed by atoms with Crippen LogP contribution in [0.5, 0.6) is 0 Å². The fraction of sp³-hybridized carbons (Fsp3) is 0.750. The van der Waals surface area contributed by atoms with Crippen molar-refractivity contribution in [2.24, 2.45) is 0 Å². The van der Waals surface area contributed by atoms with Gasteiger partial charge in [0.15, 0.2) is 0 Å². The van der Waals surface area contributed by atoms with Crippen LogP contribution in [0.25, 0.3) is 0 Å². The second kappa shape index (κ2) is 2.26. The summed E-state index contributed by atoms with van der Waals surface area (Å²) in [6.07, 6.45) is 0. The maximum Gasteiger partial charge on any atom is 0.234 e. The van der Waals surface area contributed by atoms with Crippen molar-refractivity contribution in [2.75, 3.05) is 0 Å². The van der Waals surface area contributed by atoms with Crippen LogP contribution < -0.4 is 0 Å². The van der Waals surface area contributed by atoms with E-state index < -0.39 is 15.1 Å². The quantitative estimate of drug-likeness (QED) is 0.502. The van der Waals surface area contributed by atoms with Gasteiger partial charge in [-0.1, -0.05) is 0 Å². The summed E-state index contributed by atoms with van der Waals surface area (Å²) in [4.78, 5) is 9.68. The van der Waals surface area contributed by atoms with Crippen LogP contribution in [-0.2, 0) is 14.6 Å². The first-order valence-corrected chi connectivity index (χ1v) is 3.80. The molecule has 0 aliphatic heterocycles. The van der Waals surface area contributed by atoms with Crippen LogP contribution in [0.4, 0.5) is 0 Å². The molecule has 0 bridgehead atoms. The molecule has 3 nitrogen and oxygen atoms in total. The number of carbonyl (C=O) groups excluding carboxylic acids is 1. The standard InChI is InChI=1S/C4H8O3S/c1-4(2)8(6,7)3-5/h3-4H,1-2H3. The summed E-state index contributed by atoms with van der Waals surface area (Å²) in [5.74, 6) is 0. The third-order valence-electron chi connectivity index (χ3n) is 0.791. The molecule has 0 aromatic carbocycles. The van der Waals surface area contributed by atoms with Crippen molar-refractivity contribution in [3.05, 3.63) is 0 Å². The topological polar surface area (TPSA) is 51.2 Å². The van der Waals surface area contributed by atoms with Gasteiger partial charge in [-0.25, -0.2) is 8.42 Å². The van der Waals surface area contributed by atoms with Crippen LogP contribution in [0.15, 0.2) is 0 Å². The molecule has 4 heteroatoms. The molecule has 0 aliphatic rings. The summed E-state index contributed by atoms with van der Waals surface area (Å²) >= 11 is 0. The minimum absolute atomic E-state index is 0.0162. The number of carbonyl (C=O) groups is 1. The fourth-order valence-electron chi connectivity index (χ4n) is 0.111. The molecule has 0 aromatic rings. The predicted molar refractivity (Wildman–Crippen MR) is 30.8 cm³/mol. The molecule has 0 radical (unpaired) electrons. The average molecular weight is 136 g/mol. The van der Waals surface area contributed by atoms with E-state index >= 15 is 0 Å². The molecule has 0 rings (SSSR count). The van der Waals surface area contributed by atoms with Gasteiger partial charge in [0.2, 0.25) is 15.5 Å². The van der Waals surface area contributed by atoms with E-state index in [2.05, 4.69) is 0 Å². The summed E-state index contributed by atoms with van der Waals surface area (Å²) in [6, 6.07) is 0. The van der Waals surface area contributed by atoms with Gasteiger partial charge in [0, 0.05) is 0 Å². The van der Waals surface area contributed by atoms with E-state index in [1.807, 2.05) is 0 Å². The largest absolute Gasteiger partial charge is 0.285 e. The third kappa shape index (κ3) is 1.61. The highest BCUT2D eigenvalue weighted by atomic mass is 32.2. The molecule has 0 spiro atoms. The van der Waals surface area contributed by atoms with Gasteiger partial charge >= 0.3 is 0 Å². The third-order valence-corrected chi connectivity index (χ3v) is 2.37. The lowest BCUT2D eigenvalue weighted by molar-refractivity contribution is 0.553. The summed E-state index contributed by atoms with van der Waals surface area (Å²) in [5, 5.41) is -0.583. The van der Waals surface area contributed by atoms with Crippen LogP contribution in [0.3, 0.4) is 0 Å². The molecular weight excluding hydrogens is 128 g/mol. The van der Waals surface area contributed by atoms with E-state index in [0.29, 0.717) is 0 Å². The van der Waals surface area contributed by atoms with Gasteiger partial charge in [-0.3, -0.25) is 4.79 Å². The molecule has 48 valence electrons. The van der Waals surface area contributed by atoms with Gasteiger partial charge in [-0.2, -0.15) is 0 Å². The van der Waals surface area contributed by atoms with E-state index in [0.717, 1.165) is 0 Å². The van der Waals surface area contributed by atoms with Crippen molar-refractivity contribution >= 4 is 15.5 Å². The van der Waals surface area contributed by atoms with Crippen molar-refractivity contribution < 1.29 is 13.2 Å². The van der Waals surface area contributed by atoms with Gasteiger partial charge in [0.25, 0.3) is 0 Å². The van der Waals surface area contributed by atoms with Gasteiger partial charge in [0.1, 0.15) is 0 Å². The lowest BCUT2D eigenvalue weighted by Gasteiger charge is -1.95. The molecule has 8 heavy (non-hydrogen) atoms. The van der Waals surface area contributed by atoms with Crippen LogP contribution in [-0.4, -0.2) is 19.3 Å². The summed E-state index contributed by atoms with van der Waals surface area (Å²) in [6.45, 7) is 2.92. The van der Waals surface area contributed by atoms with E-state index in [1.165, 1.54) is 13.8 Å². The molecule has 0 unspecified atom stereocenters. The van der Waals surface area contributed by atoms with E-state index in [-0.39, 0.29) is 5.62 Å². The summed E-state index contributed by atoms with van der Waals surface area (Å²) < 4.78 is 20.7. The molecule has 0 atom stereocenters. The Labute approximate surface area is 48.6 Å². The highest BCUT2D eigenvalue weighted by Crippen LogP contribution is 1.93. The van der Waals surface area contributed by atoms with E-state index in [4.69, 9.17) is 0 Å². The Bertz CT molecular complexity index is 166.